The highest BCUT2D eigenvalue weighted by atomic mass is 15.3. The van der Waals surface area contributed by atoms with Crippen molar-refractivity contribution < 1.29 is 0 Å². The van der Waals surface area contributed by atoms with E-state index >= 15 is 0 Å². The molecule has 1 aliphatic rings. The molecular formula is C14H26N4. The lowest BCUT2D eigenvalue weighted by molar-refractivity contribution is 0.388. The highest BCUT2D eigenvalue weighted by molar-refractivity contribution is 5.43. The summed E-state index contributed by atoms with van der Waals surface area (Å²) in [7, 11) is 0. The number of aromatic nitrogens is 2. The molecule has 102 valence electrons. The number of rotatable bonds is 4. The Labute approximate surface area is 110 Å². The lowest BCUT2D eigenvalue weighted by Gasteiger charge is -2.35. The standard InChI is InChI=1S/C14H26N4/c1-11(2)7-13-9-17(6-5-15-13)14-8-16-18(10-14)12(3)4/h8,10-13,15H,5-7,9H2,1-4H3. The fourth-order valence-electron chi connectivity index (χ4n) is 2.56. The van der Waals surface area contributed by atoms with Crippen molar-refractivity contribution in [1.82, 2.24) is 15.1 Å². The van der Waals surface area contributed by atoms with Crippen molar-refractivity contribution in [2.75, 3.05) is 24.5 Å². The van der Waals surface area contributed by atoms with Crippen LogP contribution < -0.4 is 10.2 Å². The van der Waals surface area contributed by atoms with Gasteiger partial charge in [0.25, 0.3) is 0 Å². The molecule has 4 nitrogen and oxygen atoms in total. The van der Waals surface area contributed by atoms with Gasteiger partial charge in [-0.3, -0.25) is 4.68 Å². The molecule has 0 bridgehead atoms. The van der Waals surface area contributed by atoms with Crippen molar-refractivity contribution in [1.29, 1.82) is 0 Å². The second-order valence-electron chi connectivity index (χ2n) is 6.00. The summed E-state index contributed by atoms with van der Waals surface area (Å²) in [5.74, 6) is 0.751. The summed E-state index contributed by atoms with van der Waals surface area (Å²) >= 11 is 0. The third-order valence-electron chi connectivity index (χ3n) is 3.49. The summed E-state index contributed by atoms with van der Waals surface area (Å²) in [6.45, 7) is 12.2. The maximum Gasteiger partial charge on any atom is 0.0753 e. The van der Waals surface area contributed by atoms with Crippen molar-refractivity contribution in [3.63, 3.8) is 0 Å². The molecule has 1 unspecified atom stereocenters. The van der Waals surface area contributed by atoms with Gasteiger partial charge >= 0.3 is 0 Å². The Hall–Kier alpha value is -1.03. The quantitative estimate of drug-likeness (QED) is 0.890. The van der Waals surface area contributed by atoms with Gasteiger partial charge in [-0.2, -0.15) is 5.10 Å². The van der Waals surface area contributed by atoms with Crippen molar-refractivity contribution >= 4 is 5.69 Å². The Kier molecular flexibility index (Phi) is 4.27. The summed E-state index contributed by atoms with van der Waals surface area (Å²) in [6, 6.07) is 1.05. The minimum Gasteiger partial charge on any atom is -0.366 e. The van der Waals surface area contributed by atoms with Crippen LogP contribution in [-0.4, -0.2) is 35.5 Å². The molecular weight excluding hydrogens is 224 g/mol. The molecule has 18 heavy (non-hydrogen) atoms. The Morgan fingerprint density at radius 1 is 1.39 bits per heavy atom. The number of hydrogen-bond donors (Lipinski definition) is 1. The van der Waals surface area contributed by atoms with Crippen LogP contribution in [0.2, 0.25) is 0 Å². The van der Waals surface area contributed by atoms with E-state index in [2.05, 4.69) is 49.2 Å². The first-order valence-corrected chi connectivity index (χ1v) is 7.08. The van der Waals surface area contributed by atoms with Gasteiger partial charge in [-0.05, 0) is 26.2 Å². The lowest BCUT2D eigenvalue weighted by atomic mass is 10.0. The van der Waals surface area contributed by atoms with E-state index in [0.717, 1.165) is 25.6 Å². The predicted molar refractivity (Wildman–Crippen MR) is 76.1 cm³/mol. The Bertz CT molecular complexity index is 370. The molecule has 4 heteroatoms. The molecule has 0 radical (unpaired) electrons. The van der Waals surface area contributed by atoms with Gasteiger partial charge in [0.1, 0.15) is 0 Å². The molecule has 0 amide bonds. The fraction of sp³-hybridized carbons (Fsp3) is 0.786. The monoisotopic (exact) mass is 250 g/mol. The molecule has 1 aromatic rings. The van der Waals surface area contributed by atoms with Gasteiger partial charge in [-0.25, -0.2) is 0 Å². The molecule has 1 N–H and O–H groups in total. The largest absolute Gasteiger partial charge is 0.366 e. The first-order chi connectivity index (χ1) is 8.56. The van der Waals surface area contributed by atoms with Gasteiger partial charge in [-0.15, -0.1) is 0 Å². The minimum atomic E-state index is 0.438. The summed E-state index contributed by atoms with van der Waals surface area (Å²) in [4.78, 5) is 2.45. The maximum atomic E-state index is 4.43. The zero-order valence-corrected chi connectivity index (χ0v) is 12.1. The number of anilines is 1. The van der Waals surface area contributed by atoms with E-state index in [0.29, 0.717) is 12.1 Å². The van der Waals surface area contributed by atoms with Crippen molar-refractivity contribution in [3.8, 4) is 0 Å². The average Bonchev–Trinajstić information content (AvgIpc) is 2.77. The smallest absolute Gasteiger partial charge is 0.0753 e. The van der Waals surface area contributed by atoms with Crippen molar-refractivity contribution in [3.05, 3.63) is 12.4 Å². The van der Waals surface area contributed by atoms with Crippen LogP contribution in [-0.2, 0) is 0 Å². The number of nitrogens with zero attached hydrogens (tertiary/aromatic N) is 3. The lowest BCUT2D eigenvalue weighted by Crippen LogP contribution is -2.51. The fourth-order valence-corrected chi connectivity index (χ4v) is 2.56. The number of hydrogen-bond acceptors (Lipinski definition) is 3. The Morgan fingerprint density at radius 2 is 2.17 bits per heavy atom. The second kappa shape index (κ2) is 5.74. The Morgan fingerprint density at radius 3 is 2.78 bits per heavy atom. The zero-order valence-electron chi connectivity index (χ0n) is 12.1. The van der Waals surface area contributed by atoms with Gasteiger partial charge in [-0.1, -0.05) is 13.8 Å². The van der Waals surface area contributed by atoms with E-state index in [1.165, 1.54) is 12.1 Å². The molecule has 1 aromatic heterocycles. The van der Waals surface area contributed by atoms with Crippen LogP contribution in [0.25, 0.3) is 0 Å². The van der Waals surface area contributed by atoms with Crippen LogP contribution in [0.4, 0.5) is 5.69 Å². The molecule has 1 atom stereocenters. The van der Waals surface area contributed by atoms with Crippen LogP contribution >= 0.6 is 0 Å². The summed E-state index contributed by atoms with van der Waals surface area (Å²) in [6.07, 6.45) is 5.41. The third-order valence-corrected chi connectivity index (χ3v) is 3.49. The molecule has 0 spiro atoms. The molecule has 1 saturated heterocycles. The average molecular weight is 250 g/mol. The summed E-state index contributed by atoms with van der Waals surface area (Å²) in [5.41, 5.74) is 1.26. The van der Waals surface area contributed by atoms with E-state index in [9.17, 15) is 0 Å². The topological polar surface area (TPSA) is 33.1 Å². The van der Waals surface area contributed by atoms with E-state index in [4.69, 9.17) is 0 Å². The highest BCUT2D eigenvalue weighted by Crippen LogP contribution is 2.19. The molecule has 1 fully saturated rings. The molecule has 2 rings (SSSR count). The van der Waals surface area contributed by atoms with Crippen molar-refractivity contribution in [2.45, 2.75) is 46.2 Å². The van der Waals surface area contributed by atoms with Gasteiger partial charge in [0.2, 0.25) is 0 Å². The first-order valence-electron chi connectivity index (χ1n) is 7.08. The molecule has 2 heterocycles. The van der Waals surface area contributed by atoms with Crippen LogP contribution in [0.3, 0.4) is 0 Å². The van der Waals surface area contributed by atoms with Crippen LogP contribution in [0.1, 0.15) is 40.2 Å². The second-order valence-corrected chi connectivity index (χ2v) is 6.00. The van der Waals surface area contributed by atoms with Crippen LogP contribution in [0, 0.1) is 5.92 Å². The molecule has 1 aliphatic heterocycles. The predicted octanol–water partition coefficient (Wildman–Crippen LogP) is 2.29. The minimum absolute atomic E-state index is 0.438. The Balaban J connectivity index is 1.99. The van der Waals surface area contributed by atoms with E-state index < -0.39 is 0 Å². The van der Waals surface area contributed by atoms with E-state index in [1.54, 1.807) is 0 Å². The first kappa shape index (κ1) is 13.4. The molecule has 0 saturated carbocycles. The molecule has 0 aliphatic carbocycles. The normalized spacial score (nSPS) is 21.0. The van der Waals surface area contributed by atoms with E-state index in [-0.39, 0.29) is 0 Å². The molecule has 0 aromatic carbocycles. The van der Waals surface area contributed by atoms with Gasteiger partial charge in [0, 0.05) is 37.9 Å². The van der Waals surface area contributed by atoms with Crippen LogP contribution in [0.5, 0.6) is 0 Å². The van der Waals surface area contributed by atoms with Gasteiger partial charge in [0.15, 0.2) is 0 Å². The maximum absolute atomic E-state index is 4.43. The number of nitrogens with one attached hydrogen (secondary N) is 1. The van der Waals surface area contributed by atoms with Crippen molar-refractivity contribution in [2.24, 2.45) is 5.92 Å². The number of piperazine rings is 1. The zero-order chi connectivity index (χ0) is 13.1. The highest BCUT2D eigenvalue weighted by Gasteiger charge is 2.21. The van der Waals surface area contributed by atoms with Gasteiger partial charge < -0.3 is 10.2 Å². The summed E-state index contributed by atoms with van der Waals surface area (Å²) in [5, 5.41) is 8.04. The van der Waals surface area contributed by atoms with E-state index in [1.807, 2.05) is 10.9 Å². The SMILES string of the molecule is CC(C)CC1CN(c2cnn(C(C)C)c2)CCN1. The van der Waals surface area contributed by atoms with Gasteiger partial charge in [0.05, 0.1) is 11.9 Å². The summed E-state index contributed by atoms with van der Waals surface area (Å²) < 4.78 is 2.04. The third kappa shape index (κ3) is 3.25. The van der Waals surface area contributed by atoms with Crippen LogP contribution in [0.15, 0.2) is 12.4 Å².